The summed E-state index contributed by atoms with van der Waals surface area (Å²) >= 11 is 0. The molecule has 0 unspecified atom stereocenters. The van der Waals surface area contributed by atoms with Gasteiger partial charge >= 0.3 is 0 Å². The lowest BCUT2D eigenvalue weighted by molar-refractivity contribution is -0.124. The van der Waals surface area contributed by atoms with E-state index in [1.165, 1.54) is 23.9 Å². The van der Waals surface area contributed by atoms with Crippen molar-refractivity contribution in [1.82, 2.24) is 29.8 Å². The third kappa shape index (κ3) is 4.55. The quantitative estimate of drug-likeness (QED) is 0.659. The van der Waals surface area contributed by atoms with E-state index >= 15 is 0 Å². The number of aromatic nitrogens is 4. The Morgan fingerprint density at radius 3 is 2.97 bits per heavy atom. The Kier molecular flexibility index (Phi) is 5.73. The van der Waals surface area contributed by atoms with Gasteiger partial charge in [0.25, 0.3) is 0 Å². The van der Waals surface area contributed by atoms with Crippen molar-refractivity contribution >= 4 is 5.91 Å². The van der Waals surface area contributed by atoms with Crippen molar-refractivity contribution in [2.45, 2.75) is 33.1 Å². The maximum atomic E-state index is 11.6. The zero-order valence-electron chi connectivity index (χ0n) is 16.8. The van der Waals surface area contributed by atoms with Crippen LogP contribution in [0.1, 0.15) is 22.5 Å². The molecule has 1 N–H and O–H groups in total. The van der Waals surface area contributed by atoms with E-state index in [1.54, 1.807) is 6.20 Å². The predicted octanol–water partition coefficient (Wildman–Crippen LogP) is 1.66. The van der Waals surface area contributed by atoms with E-state index in [-0.39, 0.29) is 12.5 Å². The molecule has 29 heavy (non-hydrogen) atoms. The molecule has 0 saturated carbocycles. The summed E-state index contributed by atoms with van der Waals surface area (Å²) in [4.78, 5) is 14.0. The van der Waals surface area contributed by atoms with Crippen LogP contribution in [0.15, 0.2) is 42.7 Å². The maximum absolute atomic E-state index is 11.6. The highest BCUT2D eigenvalue weighted by molar-refractivity contribution is 5.77. The first kappa shape index (κ1) is 19.4. The highest BCUT2D eigenvalue weighted by Gasteiger charge is 2.20. The third-order valence-corrected chi connectivity index (χ3v) is 5.05. The Morgan fingerprint density at radius 2 is 2.17 bits per heavy atom. The normalized spacial score (nSPS) is 14.0. The van der Waals surface area contributed by atoms with E-state index in [4.69, 9.17) is 4.74 Å². The average Bonchev–Trinajstić information content (AvgIpc) is 3.36. The Bertz CT molecular complexity index is 979. The van der Waals surface area contributed by atoms with Gasteiger partial charge in [0.05, 0.1) is 30.2 Å². The van der Waals surface area contributed by atoms with Gasteiger partial charge in [-0.3, -0.25) is 14.4 Å². The number of carbonyl (C=O) groups excluding carboxylic acids is 1. The minimum atomic E-state index is -0.134. The van der Waals surface area contributed by atoms with Crippen LogP contribution >= 0.6 is 0 Å². The van der Waals surface area contributed by atoms with Gasteiger partial charge in [0.1, 0.15) is 6.61 Å². The van der Waals surface area contributed by atoms with Gasteiger partial charge < -0.3 is 10.1 Å². The lowest BCUT2D eigenvalue weighted by Gasteiger charge is -2.28. The van der Waals surface area contributed by atoms with E-state index in [1.807, 2.05) is 21.6 Å². The number of fused-ring (bicyclic) bond motifs is 1. The summed E-state index contributed by atoms with van der Waals surface area (Å²) in [5, 5.41) is 11.8. The number of benzene rings is 1. The fourth-order valence-corrected chi connectivity index (χ4v) is 3.69. The van der Waals surface area contributed by atoms with Crippen LogP contribution in [0.3, 0.4) is 0 Å². The zero-order chi connectivity index (χ0) is 20.2. The molecule has 0 atom stereocenters. The minimum absolute atomic E-state index is 0.0659. The van der Waals surface area contributed by atoms with E-state index < -0.39 is 0 Å². The number of hydrogen-bond donors (Lipinski definition) is 1. The van der Waals surface area contributed by atoms with Crippen LogP contribution in [0.2, 0.25) is 0 Å². The van der Waals surface area contributed by atoms with Gasteiger partial charge in [-0.25, -0.2) is 4.68 Å². The Hall–Kier alpha value is -2.97. The molecule has 0 fully saturated rings. The molecular formula is C21H26N6O2. The van der Waals surface area contributed by atoms with Crippen molar-refractivity contribution in [3.63, 3.8) is 0 Å². The van der Waals surface area contributed by atoms with Gasteiger partial charge in [-0.1, -0.05) is 17.7 Å². The standard InChI is InChI=1S/C21H26N6O2/c1-16-4-5-20(27-7-3-6-23-27)17(10-16)13-25-8-9-26-19(14-25)11-18(24-26)12-22-21(28)15-29-2/h3-7,10-11H,8-9,12-15H2,1-2H3,(H,22,28). The SMILES string of the molecule is COCC(=O)NCc1cc2n(n1)CCN(Cc1cc(C)ccc1-n1cccn1)C2. The molecule has 2 aromatic heterocycles. The van der Waals surface area contributed by atoms with Crippen LogP contribution in [-0.4, -0.2) is 50.6 Å². The van der Waals surface area contributed by atoms with Gasteiger partial charge in [-0.05, 0) is 30.7 Å². The number of aryl methyl sites for hydroxylation is 1. The zero-order valence-corrected chi connectivity index (χ0v) is 16.8. The van der Waals surface area contributed by atoms with Gasteiger partial charge in [0.2, 0.25) is 5.91 Å². The lowest BCUT2D eigenvalue weighted by Crippen LogP contribution is -2.33. The number of methoxy groups -OCH3 is 1. The van der Waals surface area contributed by atoms with Crippen LogP contribution in [0, 0.1) is 6.92 Å². The predicted molar refractivity (Wildman–Crippen MR) is 108 cm³/mol. The molecule has 1 aromatic carbocycles. The van der Waals surface area contributed by atoms with E-state index in [0.29, 0.717) is 6.54 Å². The summed E-state index contributed by atoms with van der Waals surface area (Å²) in [7, 11) is 1.51. The van der Waals surface area contributed by atoms with E-state index in [9.17, 15) is 4.79 Å². The van der Waals surface area contributed by atoms with Crippen LogP contribution in [0.25, 0.3) is 5.69 Å². The number of carbonyl (C=O) groups is 1. The maximum Gasteiger partial charge on any atom is 0.246 e. The number of hydrogen-bond acceptors (Lipinski definition) is 5. The molecule has 0 radical (unpaired) electrons. The third-order valence-electron chi connectivity index (χ3n) is 5.05. The molecule has 0 saturated heterocycles. The molecule has 0 spiro atoms. The molecule has 0 aliphatic carbocycles. The molecule has 3 aromatic rings. The molecule has 1 aliphatic heterocycles. The van der Waals surface area contributed by atoms with Gasteiger partial charge in [-0.15, -0.1) is 0 Å². The summed E-state index contributed by atoms with van der Waals surface area (Å²) in [5.74, 6) is -0.134. The van der Waals surface area contributed by atoms with E-state index in [0.717, 1.165) is 37.6 Å². The van der Waals surface area contributed by atoms with Crippen molar-refractivity contribution in [3.05, 3.63) is 65.2 Å². The lowest BCUT2D eigenvalue weighted by atomic mass is 10.1. The van der Waals surface area contributed by atoms with Gasteiger partial charge in [-0.2, -0.15) is 10.2 Å². The van der Waals surface area contributed by atoms with Gasteiger partial charge in [0.15, 0.2) is 0 Å². The summed E-state index contributed by atoms with van der Waals surface area (Å²) < 4.78 is 8.80. The molecule has 8 heteroatoms. The van der Waals surface area contributed by atoms with Crippen molar-refractivity contribution in [3.8, 4) is 5.69 Å². The summed E-state index contributed by atoms with van der Waals surface area (Å²) in [6, 6.07) is 10.5. The first-order chi connectivity index (χ1) is 14.1. The topological polar surface area (TPSA) is 77.2 Å². The summed E-state index contributed by atoms with van der Waals surface area (Å²) in [5.41, 5.74) is 5.65. The second kappa shape index (κ2) is 8.59. The first-order valence-electron chi connectivity index (χ1n) is 9.75. The van der Waals surface area contributed by atoms with Crippen molar-refractivity contribution < 1.29 is 9.53 Å². The van der Waals surface area contributed by atoms with Crippen molar-refractivity contribution in [1.29, 1.82) is 0 Å². The number of nitrogens with one attached hydrogen (secondary N) is 1. The van der Waals surface area contributed by atoms with Crippen LogP contribution < -0.4 is 5.32 Å². The van der Waals surface area contributed by atoms with Gasteiger partial charge in [0, 0.05) is 39.1 Å². The summed E-state index contributed by atoms with van der Waals surface area (Å²) in [6.07, 6.45) is 3.78. The monoisotopic (exact) mass is 394 g/mol. The number of amides is 1. The molecule has 3 heterocycles. The molecule has 152 valence electrons. The highest BCUT2D eigenvalue weighted by Crippen LogP contribution is 2.21. The average molecular weight is 394 g/mol. The Balaban J connectivity index is 1.45. The van der Waals surface area contributed by atoms with E-state index in [2.05, 4.69) is 51.6 Å². The largest absolute Gasteiger partial charge is 0.375 e. The fraction of sp³-hybridized carbons (Fsp3) is 0.381. The second-order valence-electron chi connectivity index (χ2n) is 7.35. The number of rotatable bonds is 7. The van der Waals surface area contributed by atoms with Crippen LogP contribution in [-0.2, 0) is 35.7 Å². The Morgan fingerprint density at radius 1 is 1.28 bits per heavy atom. The van der Waals surface area contributed by atoms with Crippen LogP contribution in [0.5, 0.6) is 0 Å². The number of ether oxygens (including phenoxy) is 1. The Labute approximate surface area is 170 Å². The number of nitrogens with zero attached hydrogens (tertiary/aromatic N) is 5. The molecule has 1 aliphatic rings. The molecule has 8 nitrogen and oxygen atoms in total. The summed E-state index contributed by atoms with van der Waals surface area (Å²) in [6.45, 7) is 6.04. The molecule has 4 rings (SSSR count). The van der Waals surface area contributed by atoms with Crippen molar-refractivity contribution in [2.24, 2.45) is 0 Å². The highest BCUT2D eigenvalue weighted by atomic mass is 16.5. The van der Waals surface area contributed by atoms with Crippen LogP contribution in [0.4, 0.5) is 0 Å². The molecule has 1 amide bonds. The second-order valence-corrected chi connectivity index (χ2v) is 7.35. The smallest absolute Gasteiger partial charge is 0.246 e. The molecule has 0 bridgehead atoms. The minimum Gasteiger partial charge on any atom is -0.375 e. The van der Waals surface area contributed by atoms with Crippen molar-refractivity contribution in [2.75, 3.05) is 20.3 Å². The fourth-order valence-electron chi connectivity index (χ4n) is 3.69. The molecular weight excluding hydrogens is 368 g/mol. The first-order valence-corrected chi connectivity index (χ1v) is 9.75.